The highest BCUT2D eigenvalue weighted by atomic mass is 16.3. The molecule has 164 valence electrons. The fraction of sp³-hybridized carbons (Fsp3) is 0.440. The molecule has 0 bridgehead atoms. The molecule has 1 saturated heterocycles. The quantitative estimate of drug-likeness (QED) is 0.635. The summed E-state index contributed by atoms with van der Waals surface area (Å²) in [6.45, 7) is 5.02. The van der Waals surface area contributed by atoms with E-state index in [1.54, 1.807) is 6.08 Å². The molecule has 2 fully saturated rings. The average molecular weight is 422 g/mol. The van der Waals surface area contributed by atoms with Crippen molar-refractivity contribution in [1.29, 1.82) is 0 Å². The number of rotatable bonds is 8. The van der Waals surface area contributed by atoms with E-state index in [0.717, 1.165) is 50.3 Å². The summed E-state index contributed by atoms with van der Waals surface area (Å²) in [4.78, 5) is 25.8. The Morgan fingerprint density at radius 1 is 1.16 bits per heavy atom. The van der Waals surface area contributed by atoms with Crippen LogP contribution in [-0.2, 0) is 16.0 Å². The number of nitrogens with one attached hydrogen (secondary N) is 1. The van der Waals surface area contributed by atoms with Gasteiger partial charge in [-0.3, -0.25) is 9.59 Å². The van der Waals surface area contributed by atoms with E-state index in [2.05, 4.69) is 17.1 Å². The molecular weight excluding hydrogens is 390 g/mol. The molecule has 2 aliphatic rings. The molecule has 6 nitrogen and oxygen atoms in total. The van der Waals surface area contributed by atoms with E-state index in [4.69, 9.17) is 10.2 Å². The van der Waals surface area contributed by atoms with Gasteiger partial charge in [-0.05, 0) is 80.6 Å². The Labute approximate surface area is 183 Å². The molecule has 1 aromatic heterocycles. The van der Waals surface area contributed by atoms with Crippen LogP contribution in [0.4, 0.5) is 5.69 Å². The predicted octanol–water partition coefficient (Wildman–Crippen LogP) is 3.79. The molecule has 31 heavy (non-hydrogen) atoms. The molecule has 2 atom stereocenters. The van der Waals surface area contributed by atoms with E-state index in [1.165, 1.54) is 18.1 Å². The number of carbonyl (C=O) groups is 2. The maximum atomic E-state index is 12.2. The number of hydrogen-bond acceptors (Lipinski definition) is 4. The van der Waals surface area contributed by atoms with Gasteiger partial charge >= 0.3 is 0 Å². The van der Waals surface area contributed by atoms with Gasteiger partial charge in [0.2, 0.25) is 11.8 Å². The number of furan rings is 1. The first kappa shape index (κ1) is 21.4. The summed E-state index contributed by atoms with van der Waals surface area (Å²) >= 11 is 0. The van der Waals surface area contributed by atoms with Crippen molar-refractivity contribution in [2.75, 3.05) is 25.0 Å². The van der Waals surface area contributed by atoms with Gasteiger partial charge in [0.05, 0.1) is 0 Å². The number of nitrogens with zero attached hydrogens (tertiary/aromatic N) is 1. The second-order valence-electron chi connectivity index (χ2n) is 8.85. The van der Waals surface area contributed by atoms with Crippen molar-refractivity contribution in [3.05, 3.63) is 59.6 Å². The number of benzene rings is 1. The minimum Gasteiger partial charge on any atom is -0.461 e. The van der Waals surface area contributed by atoms with Gasteiger partial charge in [0.25, 0.3) is 0 Å². The molecule has 1 aliphatic carbocycles. The fourth-order valence-corrected chi connectivity index (χ4v) is 4.20. The average Bonchev–Trinajstić information content (AvgIpc) is 3.31. The minimum absolute atomic E-state index is 0.0323. The van der Waals surface area contributed by atoms with Gasteiger partial charge in [0, 0.05) is 30.1 Å². The van der Waals surface area contributed by atoms with Crippen molar-refractivity contribution < 1.29 is 14.0 Å². The lowest BCUT2D eigenvalue weighted by Crippen LogP contribution is -2.39. The summed E-state index contributed by atoms with van der Waals surface area (Å²) in [5.41, 5.74) is 7.39. The summed E-state index contributed by atoms with van der Waals surface area (Å²) in [5.74, 6) is 2.64. The second kappa shape index (κ2) is 9.52. The lowest BCUT2D eigenvalue weighted by molar-refractivity contribution is -0.123. The molecule has 0 spiro atoms. The van der Waals surface area contributed by atoms with Crippen molar-refractivity contribution in [2.24, 2.45) is 17.6 Å². The van der Waals surface area contributed by atoms with Crippen LogP contribution in [0.15, 0.2) is 46.9 Å². The van der Waals surface area contributed by atoms with Gasteiger partial charge in [-0.2, -0.15) is 0 Å². The van der Waals surface area contributed by atoms with E-state index in [0.29, 0.717) is 17.6 Å². The summed E-state index contributed by atoms with van der Waals surface area (Å²) in [6.07, 6.45) is 7.04. The third-order valence-corrected chi connectivity index (χ3v) is 6.45. The Morgan fingerprint density at radius 2 is 1.87 bits per heavy atom. The van der Waals surface area contributed by atoms with E-state index < -0.39 is 0 Å². The first-order valence-electron chi connectivity index (χ1n) is 11.2. The largest absolute Gasteiger partial charge is 0.461 e. The van der Waals surface area contributed by atoms with Crippen LogP contribution in [0, 0.1) is 11.8 Å². The number of carbonyl (C=O) groups excluding carboxylic acids is 2. The van der Waals surface area contributed by atoms with E-state index in [9.17, 15) is 9.59 Å². The Morgan fingerprint density at radius 3 is 2.52 bits per heavy atom. The van der Waals surface area contributed by atoms with Gasteiger partial charge in [-0.1, -0.05) is 19.1 Å². The van der Waals surface area contributed by atoms with Crippen molar-refractivity contribution in [1.82, 2.24) is 4.90 Å². The fourth-order valence-electron chi connectivity index (χ4n) is 4.20. The molecule has 2 amide bonds. The Balaban J connectivity index is 1.20. The van der Waals surface area contributed by atoms with Crippen LogP contribution in [0.25, 0.3) is 6.08 Å². The third kappa shape index (κ3) is 5.85. The third-order valence-electron chi connectivity index (χ3n) is 6.45. The summed E-state index contributed by atoms with van der Waals surface area (Å²) < 4.78 is 5.80. The number of primary amides is 1. The van der Waals surface area contributed by atoms with Gasteiger partial charge in [-0.25, -0.2) is 0 Å². The number of amides is 2. The van der Waals surface area contributed by atoms with Crippen molar-refractivity contribution in [2.45, 2.75) is 38.5 Å². The van der Waals surface area contributed by atoms with Gasteiger partial charge in [0.15, 0.2) is 0 Å². The van der Waals surface area contributed by atoms with Crippen LogP contribution in [0.2, 0.25) is 0 Å². The number of anilines is 1. The maximum Gasteiger partial charge on any atom is 0.248 e. The number of hydrogen-bond donors (Lipinski definition) is 2. The summed E-state index contributed by atoms with van der Waals surface area (Å²) in [5, 5.41) is 2.89. The SMILES string of the molecule is CC1CC1c1ccc(/C=C/C(=O)Nc2ccc(CCN3CCC(C(N)=O)CC3)cc2)o1. The maximum absolute atomic E-state index is 12.2. The van der Waals surface area contributed by atoms with Crippen LogP contribution in [0.1, 0.15) is 49.2 Å². The molecule has 6 heteroatoms. The number of piperidine rings is 1. The van der Waals surface area contributed by atoms with Gasteiger partial charge in [0.1, 0.15) is 11.5 Å². The highest BCUT2D eigenvalue weighted by molar-refractivity contribution is 6.01. The lowest BCUT2D eigenvalue weighted by atomic mass is 9.96. The molecule has 4 rings (SSSR count). The molecule has 2 heterocycles. The highest BCUT2D eigenvalue weighted by Gasteiger charge is 2.36. The van der Waals surface area contributed by atoms with Crippen LogP contribution >= 0.6 is 0 Å². The topological polar surface area (TPSA) is 88.6 Å². The summed E-state index contributed by atoms with van der Waals surface area (Å²) in [7, 11) is 0. The molecule has 1 aromatic carbocycles. The van der Waals surface area contributed by atoms with Crippen LogP contribution in [0.5, 0.6) is 0 Å². The van der Waals surface area contributed by atoms with E-state index in [1.807, 2.05) is 36.4 Å². The molecule has 1 aliphatic heterocycles. The Bertz CT molecular complexity index is 939. The van der Waals surface area contributed by atoms with Crippen LogP contribution in [0.3, 0.4) is 0 Å². The van der Waals surface area contributed by atoms with E-state index >= 15 is 0 Å². The van der Waals surface area contributed by atoms with Crippen LogP contribution in [-0.4, -0.2) is 36.3 Å². The lowest BCUT2D eigenvalue weighted by Gasteiger charge is -2.30. The standard InChI is InChI=1S/C25H31N3O3/c1-17-16-22(17)23-8-6-21(31-23)7-9-24(29)27-20-4-2-18(3-5-20)10-13-28-14-11-19(12-15-28)25(26)30/h2-9,17,19,22H,10-16H2,1H3,(H2,26,30)(H,27,29)/b9-7+. The molecule has 2 unspecified atom stereocenters. The first-order valence-corrected chi connectivity index (χ1v) is 11.2. The van der Waals surface area contributed by atoms with Gasteiger partial charge < -0.3 is 20.4 Å². The normalized spacial score (nSPS) is 22.0. The monoisotopic (exact) mass is 421 g/mol. The zero-order valence-corrected chi connectivity index (χ0v) is 18.0. The van der Waals surface area contributed by atoms with Crippen molar-refractivity contribution in [3.63, 3.8) is 0 Å². The second-order valence-corrected chi connectivity index (χ2v) is 8.85. The molecule has 3 N–H and O–H groups in total. The van der Waals surface area contributed by atoms with E-state index in [-0.39, 0.29) is 17.7 Å². The minimum atomic E-state index is -0.178. The predicted molar refractivity (Wildman–Crippen MR) is 121 cm³/mol. The van der Waals surface area contributed by atoms with Crippen LogP contribution < -0.4 is 11.1 Å². The molecule has 0 radical (unpaired) electrons. The Kier molecular flexibility index (Phi) is 6.56. The molecule has 1 saturated carbocycles. The molecule has 2 aromatic rings. The zero-order chi connectivity index (χ0) is 21.8. The number of likely N-dealkylation sites (tertiary alicyclic amines) is 1. The molecular formula is C25H31N3O3. The van der Waals surface area contributed by atoms with Crippen molar-refractivity contribution >= 4 is 23.6 Å². The van der Waals surface area contributed by atoms with Crippen molar-refractivity contribution in [3.8, 4) is 0 Å². The summed E-state index contributed by atoms with van der Waals surface area (Å²) in [6, 6.07) is 11.9. The van der Waals surface area contributed by atoms with Gasteiger partial charge in [-0.15, -0.1) is 0 Å². The zero-order valence-electron chi connectivity index (χ0n) is 18.0. The highest BCUT2D eigenvalue weighted by Crippen LogP contribution is 2.47. The number of nitrogens with two attached hydrogens (primary N) is 1. The smallest absolute Gasteiger partial charge is 0.248 e. The Hall–Kier alpha value is -2.86. The first-order chi connectivity index (χ1) is 15.0.